The number of hydrogen-bond donors (Lipinski definition) is 4. The number of methoxy groups -OCH3 is 1. The summed E-state index contributed by atoms with van der Waals surface area (Å²) < 4.78 is 21.9. The van der Waals surface area contributed by atoms with Crippen molar-refractivity contribution in [1.82, 2.24) is 21.3 Å². The first-order valence-electron chi connectivity index (χ1n) is 17.5. The number of rotatable bonds is 19. The van der Waals surface area contributed by atoms with Gasteiger partial charge in [-0.1, -0.05) is 86.6 Å². The van der Waals surface area contributed by atoms with Crippen molar-refractivity contribution in [1.29, 1.82) is 0 Å². The number of benzene rings is 3. The number of carbonyl (C=O) groups excluding carboxylic acids is 5. The average Bonchev–Trinajstić information content (AvgIpc) is 3.12. The van der Waals surface area contributed by atoms with E-state index in [2.05, 4.69) is 21.3 Å². The fourth-order valence-corrected chi connectivity index (χ4v) is 5.05. The number of hydrogen-bond acceptors (Lipinski definition) is 9. The molecule has 3 rings (SSSR count). The highest BCUT2D eigenvalue weighted by atomic mass is 16.6. The summed E-state index contributed by atoms with van der Waals surface area (Å²) in [5.41, 5.74) is 1.71. The van der Waals surface area contributed by atoms with Crippen LogP contribution in [0.25, 0.3) is 0 Å². The molecule has 0 spiro atoms. The summed E-state index contributed by atoms with van der Waals surface area (Å²) >= 11 is 0. The first kappa shape index (κ1) is 42.0. The maximum atomic E-state index is 13.8. The number of alkyl carbamates (subject to hydrolysis) is 1. The molecule has 286 valence electrons. The molecule has 3 aromatic carbocycles. The Hall–Kier alpha value is -5.43. The molecule has 0 saturated carbocycles. The molecule has 0 fully saturated rings. The van der Waals surface area contributed by atoms with Gasteiger partial charge in [-0.05, 0) is 61.9 Å². The fourth-order valence-electron chi connectivity index (χ4n) is 5.05. The molecule has 4 N–H and O–H groups in total. The molecule has 0 unspecified atom stereocenters. The van der Waals surface area contributed by atoms with Crippen LogP contribution in [-0.2, 0) is 53.0 Å². The summed E-state index contributed by atoms with van der Waals surface area (Å²) in [5, 5.41) is 10.4. The minimum absolute atomic E-state index is 0.0281. The number of nitrogens with one attached hydrogen (secondary N) is 4. The average molecular weight is 733 g/mol. The quantitative estimate of drug-likeness (QED) is 0.132. The highest BCUT2D eigenvalue weighted by Gasteiger charge is 2.30. The predicted molar refractivity (Wildman–Crippen MR) is 199 cm³/mol. The Morgan fingerprint density at radius 3 is 1.85 bits per heavy atom. The largest absolute Gasteiger partial charge is 0.489 e. The SMILES string of the molecule is COC(=O)[C@H](CC(C)C)NC(=O)CNC(=O)[C@@H](Cc1ccc(OCc2ccccc2)cc1)NC(=O)[C@@H](COCc1ccccc1)NC(=O)OC(C)(C)C. The van der Waals surface area contributed by atoms with E-state index in [1.807, 2.05) is 74.5 Å². The number of carbonyl (C=O) groups is 5. The van der Waals surface area contributed by atoms with E-state index in [4.69, 9.17) is 18.9 Å². The molecule has 0 aliphatic rings. The zero-order valence-electron chi connectivity index (χ0n) is 31.3. The Balaban J connectivity index is 1.77. The van der Waals surface area contributed by atoms with Crippen molar-refractivity contribution >= 4 is 29.8 Å². The summed E-state index contributed by atoms with van der Waals surface area (Å²) in [6, 6.07) is 22.7. The Bertz CT molecular complexity index is 1610. The Morgan fingerprint density at radius 2 is 1.28 bits per heavy atom. The van der Waals surface area contributed by atoms with E-state index >= 15 is 0 Å². The second kappa shape index (κ2) is 21.2. The molecule has 0 aliphatic carbocycles. The molecule has 0 saturated heterocycles. The maximum absolute atomic E-state index is 13.8. The molecule has 13 nitrogen and oxygen atoms in total. The third-order valence-electron chi connectivity index (χ3n) is 7.60. The summed E-state index contributed by atoms with van der Waals surface area (Å²) in [6.07, 6.45) is -0.472. The molecule has 0 bridgehead atoms. The lowest BCUT2D eigenvalue weighted by atomic mass is 10.0. The molecule has 3 atom stereocenters. The van der Waals surface area contributed by atoms with Crippen LogP contribution in [0.4, 0.5) is 4.79 Å². The van der Waals surface area contributed by atoms with E-state index in [1.54, 1.807) is 45.0 Å². The molecule has 0 aromatic heterocycles. The topological polar surface area (TPSA) is 170 Å². The summed E-state index contributed by atoms with van der Waals surface area (Å²) in [7, 11) is 1.23. The van der Waals surface area contributed by atoms with Crippen molar-refractivity contribution in [2.75, 3.05) is 20.3 Å². The molecule has 0 heterocycles. The van der Waals surface area contributed by atoms with Crippen LogP contribution in [-0.4, -0.2) is 73.8 Å². The van der Waals surface area contributed by atoms with Crippen molar-refractivity contribution in [3.05, 3.63) is 102 Å². The van der Waals surface area contributed by atoms with Crippen LogP contribution in [0.15, 0.2) is 84.9 Å². The molecular weight excluding hydrogens is 680 g/mol. The van der Waals surface area contributed by atoms with Gasteiger partial charge in [-0.2, -0.15) is 0 Å². The van der Waals surface area contributed by atoms with Gasteiger partial charge < -0.3 is 40.2 Å². The van der Waals surface area contributed by atoms with Crippen molar-refractivity contribution in [3.8, 4) is 5.75 Å². The lowest BCUT2D eigenvalue weighted by Crippen LogP contribution is -2.57. The number of ether oxygens (including phenoxy) is 4. The highest BCUT2D eigenvalue weighted by Crippen LogP contribution is 2.16. The number of esters is 1. The van der Waals surface area contributed by atoms with Crippen LogP contribution < -0.4 is 26.0 Å². The Morgan fingerprint density at radius 1 is 0.679 bits per heavy atom. The van der Waals surface area contributed by atoms with E-state index in [9.17, 15) is 24.0 Å². The smallest absolute Gasteiger partial charge is 0.408 e. The highest BCUT2D eigenvalue weighted by molar-refractivity contribution is 5.93. The second-order valence-electron chi connectivity index (χ2n) is 13.9. The Kier molecular flexibility index (Phi) is 16.8. The van der Waals surface area contributed by atoms with Gasteiger partial charge in [-0.3, -0.25) is 14.4 Å². The van der Waals surface area contributed by atoms with Gasteiger partial charge in [0.15, 0.2) is 0 Å². The fraction of sp³-hybridized carbons (Fsp3) is 0.425. The van der Waals surface area contributed by atoms with E-state index < -0.39 is 60.1 Å². The van der Waals surface area contributed by atoms with E-state index in [0.29, 0.717) is 24.3 Å². The summed E-state index contributed by atoms with van der Waals surface area (Å²) in [4.78, 5) is 65.2. The van der Waals surface area contributed by atoms with E-state index in [-0.39, 0.29) is 25.6 Å². The third-order valence-corrected chi connectivity index (χ3v) is 7.60. The van der Waals surface area contributed by atoms with Crippen molar-refractivity contribution in [2.45, 2.75) is 84.4 Å². The summed E-state index contributed by atoms with van der Waals surface area (Å²) in [6.45, 7) is 8.72. The minimum atomic E-state index is -1.24. The van der Waals surface area contributed by atoms with Crippen molar-refractivity contribution in [2.24, 2.45) is 5.92 Å². The standard InChI is InChI=1S/C40H52N4O9/c1-27(2)21-33(38(48)50-6)42-35(45)23-41-36(46)32(22-28-17-19-31(20-18-28)52-25-30-15-11-8-12-16-30)43-37(47)34(44-39(49)53-40(3,4)5)26-51-24-29-13-9-7-10-14-29/h7-20,27,32-34H,21-26H2,1-6H3,(H,41,46)(H,42,45)(H,43,47)(H,44,49)/t32-,33+,34-/m1/s1. The number of amides is 4. The lowest BCUT2D eigenvalue weighted by Gasteiger charge is -2.25. The van der Waals surface area contributed by atoms with Gasteiger partial charge >= 0.3 is 12.1 Å². The second-order valence-corrected chi connectivity index (χ2v) is 13.9. The van der Waals surface area contributed by atoms with Gasteiger partial charge in [-0.15, -0.1) is 0 Å². The van der Waals surface area contributed by atoms with Gasteiger partial charge in [0.05, 0.1) is 26.9 Å². The zero-order chi connectivity index (χ0) is 38.8. The molecular formula is C40H52N4O9. The molecule has 0 radical (unpaired) electrons. The monoisotopic (exact) mass is 732 g/mol. The molecule has 13 heteroatoms. The molecule has 3 aromatic rings. The van der Waals surface area contributed by atoms with Gasteiger partial charge in [0.2, 0.25) is 17.7 Å². The van der Waals surface area contributed by atoms with Gasteiger partial charge in [-0.25, -0.2) is 9.59 Å². The van der Waals surface area contributed by atoms with Crippen LogP contribution in [0, 0.1) is 5.92 Å². The third kappa shape index (κ3) is 16.2. The normalized spacial score (nSPS) is 12.8. The van der Waals surface area contributed by atoms with E-state index in [0.717, 1.165) is 11.1 Å². The van der Waals surface area contributed by atoms with Gasteiger partial charge in [0.1, 0.15) is 36.1 Å². The van der Waals surface area contributed by atoms with Crippen LogP contribution in [0.3, 0.4) is 0 Å². The molecule has 0 aliphatic heterocycles. The van der Waals surface area contributed by atoms with Crippen molar-refractivity contribution in [3.63, 3.8) is 0 Å². The van der Waals surface area contributed by atoms with Crippen LogP contribution >= 0.6 is 0 Å². The van der Waals surface area contributed by atoms with Crippen LogP contribution in [0.1, 0.15) is 57.7 Å². The van der Waals surface area contributed by atoms with Gasteiger partial charge in [0.25, 0.3) is 0 Å². The van der Waals surface area contributed by atoms with Crippen molar-refractivity contribution < 1.29 is 42.9 Å². The van der Waals surface area contributed by atoms with Crippen LogP contribution in [0.2, 0.25) is 0 Å². The predicted octanol–water partition coefficient (Wildman–Crippen LogP) is 4.22. The van der Waals surface area contributed by atoms with Gasteiger partial charge in [0, 0.05) is 6.42 Å². The first-order valence-corrected chi connectivity index (χ1v) is 17.5. The zero-order valence-corrected chi connectivity index (χ0v) is 31.3. The summed E-state index contributed by atoms with van der Waals surface area (Å²) in [5.74, 6) is -1.90. The maximum Gasteiger partial charge on any atom is 0.408 e. The minimum Gasteiger partial charge on any atom is -0.489 e. The lowest BCUT2D eigenvalue weighted by molar-refractivity contribution is -0.145. The Labute approximate surface area is 311 Å². The van der Waals surface area contributed by atoms with E-state index in [1.165, 1.54) is 7.11 Å². The first-order chi connectivity index (χ1) is 25.2. The molecule has 4 amide bonds. The van der Waals surface area contributed by atoms with Crippen LogP contribution in [0.5, 0.6) is 5.75 Å². The molecule has 53 heavy (non-hydrogen) atoms.